The highest BCUT2D eigenvalue weighted by Gasteiger charge is 2.18. The first-order valence-electron chi connectivity index (χ1n) is 4.68. The summed E-state index contributed by atoms with van der Waals surface area (Å²) in [4.78, 5) is 9.44. The van der Waals surface area contributed by atoms with Gasteiger partial charge in [-0.25, -0.2) is 0 Å². The molecule has 7 nitrogen and oxygen atoms in total. The largest absolute Gasteiger partial charge is 0.507 e. The Bertz CT molecular complexity index is 752. The lowest BCUT2D eigenvalue weighted by Crippen LogP contribution is -1.99. The number of phenols is 1. The van der Waals surface area contributed by atoms with E-state index in [9.17, 15) is 23.6 Å². The smallest absolute Gasteiger partial charge is 0.295 e. The average molecular weight is 269 g/mol. The minimum Gasteiger partial charge on any atom is -0.507 e. The molecule has 2 N–H and O–H groups in total. The second-order valence-electron chi connectivity index (χ2n) is 3.54. The first-order valence-corrected chi connectivity index (χ1v) is 6.12. The zero-order valence-corrected chi connectivity index (χ0v) is 9.59. The van der Waals surface area contributed by atoms with Gasteiger partial charge < -0.3 is 5.11 Å². The van der Waals surface area contributed by atoms with Gasteiger partial charge in [0.05, 0.1) is 4.92 Å². The number of non-ortho nitro benzene ring substituents is 1. The Morgan fingerprint density at radius 1 is 1.11 bits per heavy atom. The summed E-state index contributed by atoms with van der Waals surface area (Å²) in [7, 11) is -4.52. The van der Waals surface area contributed by atoms with E-state index in [1.807, 2.05) is 0 Å². The van der Waals surface area contributed by atoms with E-state index >= 15 is 0 Å². The van der Waals surface area contributed by atoms with Crippen molar-refractivity contribution in [3.05, 3.63) is 40.4 Å². The van der Waals surface area contributed by atoms with Crippen LogP contribution in [-0.4, -0.2) is 23.0 Å². The summed E-state index contributed by atoms with van der Waals surface area (Å²) in [6.45, 7) is 0. The van der Waals surface area contributed by atoms with Gasteiger partial charge in [-0.3, -0.25) is 14.7 Å². The van der Waals surface area contributed by atoms with E-state index in [2.05, 4.69) is 0 Å². The van der Waals surface area contributed by atoms with Crippen molar-refractivity contribution < 1.29 is 23.0 Å². The Balaban J connectivity index is 2.93. The molecule has 18 heavy (non-hydrogen) atoms. The van der Waals surface area contributed by atoms with Gasteiger partial charge in [-0.1, -0.05) is 0 Å². The highest BCUT2D eigenvalue weighted by Crippen LogP contribution is 2.32. The molecule has 0 radical (unpaired) electrons. The van der Waals surface area contributed by atoms with Gasteiger partial charge in [-0.2, -0.15) is 8.42 Å². The fraction of sp³-hybridized carbons (Fsp3) is 0. The summed E-state index contributed by atoms with van der Waals surface area (Å²) < 4.78 is 31.3. The third kappa shape index (κ3) is 1.98. The molecule has 0 aliphatic carbocycles. The van der Waals surface area contributed by atoms with Crippen LogP contribution in [0, 0.1) is 10.1 Å². The van der Waals surface area contributed by atoms with Crippen LogP contribution in [0.1, 0.15) is 0 Å². The van der Waals surface area contributed by atoms with E-state index in [-0.39, 0.29) is 22.2 Å². The maximum atomic E-state index is 11.1. The van der Waals surface area contributed by atoms with E-state index < -0.39 is 19.9 Å². The fourth-order valence-corrected chi connectivity index (χ4v) is 2.32. The standard InChI is InChI=1S/C10H7NO6S/c12-9-3-4-10(18(15,16)17)8-5-6(11(13)14)1-2-7(8)9/h1-5,12H,(H,15,16,17). The monoisotopic (exact) mass is 269 g/mol. The predicted molar refractivity (Wildman–Crippen MR) is 62.1 cm³/mol. The fourth-order valence-electron chi connectivity index (χ4n) is 1.63. The lowest BCUT2D eigenvalue weighted by molar-refractivity contribution is -0.384. The number of hydrogen-bond acceptors (Lipinski definition) is 5. The number of aromatic hydroxyl groups is 1. The second-order valence-corrected chi connectivity index (χ2v) is 4.93. The van der Waals surface area contributed by atoms with Gasteiger partial charge in [-0.05, 0) is 18.2 Å². The maximum Gasteiger partial charge on any atom is 0.295 e. The SMILES string of the molecule is O=[N+]([O-])c1ccc2c(O)ccc(S(=O)(=O)O)c2c1. The Hall–Kier alpha value is -2.19. The van der Waals surface area contributed by atoms with Crippen molar-refractivity contribution in [1.29, 1.82) is 0 Å². The molecule has 2 aromatic carbocycles. The van der Waals surface area contributed by atoms with Crippen molar-refractivity contribution in [1.82, 2.24) is 0 Å². The first kappa shape index (κ1) is 12.3. The number of nitro groups is 1. The minimum absolute atomic E-state index is 0.105. The molecule has 0 aromatic heterocycles. The van der Waals surface area contributed by atoms with Crippen LogP contribution in [0.2, 0.25) is 0 Å². The minimum atomic E-state index is -4.52. The molecule has 0 heterocycles. The molecule has 0 saturated carbocycles. The molecule has 0 atom stereocenters. The molecular formula is C10H7NO6S. The van der Waals surface area contributed by atoms with Crippen LogP contribution < -0.4 is 0 Å². The van der Waals surface area contributed by atoms with Crippen molar-refractivity contribution in [3.8, 4) is 5.75 Å². The Labute approximate surface area is 101 Å². The van der Waals surface area contributed by atoms with Crippen molar-refractivity contribution in [2.45, 2.75) is 4.90 Å². The quantitative estimate of drug-likeness (QED) is 0.486. The topological polar surface area (TPSA) is 118 Å². The summed E-state index contributed by atoms with van der Waals surface area (Å²) in [5.41, 5.74) is -0.335. The zero-order valence-electron chi connectivity index (χ0n) is 8.77. The van der Waals surface area contributed by atoms with E-state index in [0.717, 1.165) is 24.3 Å². The predicted octanol–water partition coefficient (Wildman–Crippen LogP) is 1.70. The Morgan fingerprint density at radius 3 is 2.33 bits per heavy atom. The van der Waals surface area contributed by atoms with Gasteiger partial charge >= 0.3 is 0 Å². The molecule has 2 rings (SSSR count). The van der Waals surface area contributed by atoms with Crippen LogP contribution in [0.15, 0.2) is 35.2 Å². The first-order chi connectivity index (χ1) is 8.30. The van der Waals surface area contributed by atoms with Crippen LogP contribution in [0.3, 0.4) is 0 Å². The molecule has 0 fully saturated rings. The van der Waals surface area contributed by atoms with Crippen molar-refractivity contribution >= 4 is 26.6 Å². The highest BCUT2D eigenvalue weighted by atomic mass is 32.2. The van der Waals surface area contributed by atoms with Crippen LogP contribution >= 0.6 is 0 Å². The summed E-state index contributed by atoms with van der Waals surface area (Å²) >= 11 is 0. The Morgan fingerprint density at radius 2 is 1.78 bits per heavy atom. The van der Waals surface area contributed by atoms with Crippen LogP contribution in [0.25, 0.3) is 10.8 Å². The van der Waals surface area contributed by atoms with Crippen LogP contribution in [0.4, 0.5) is 5.69 Å². The third-order valence-corrected chi connectivity index (χ3v) is 3.34. The average Bonchev–Trinajstić information content (AvgIpc) is 2.27. The lowest BCUT2D eigenvalue weighted by atomic mass is 10.1. The Kier molecular flexibility index (Phi) is 2.68. The van der Waals surface area contributed by atoms with E-state index in [0.29, 0.717) is 0 Å². The highest BCUT2D eigenvalue weighted by molar-refractivity contribution is 7.86. The van der Waals surface area contributed by atoms with Gasteiger partial charge in [0, 0.05) is 22.9 Å². The van der Waals surface area contributed by atoms with Gasteiger partial charge in [0.25, 0.3) is 15.8 Å². The number of hydrogen-bond donors (Lipinski definition) is 2. The van der Waals surface area contributed by atoms with Gasteiger partial charge in [0.2, 0.25) is 0 Å². The maximum absolute atomic E-state index is 11.1. The molecule has 8 heteroatoms. The summed E-state index contributed by atoms with van der Waals surface area (Å²) in [5.74, 6) is -0.229. The van der Waals surface area contributed by atoms with Gasteiger partial charge in [0.15, 0.2) is 0 Å². The van der Waals surface area contributed by atoms with Gasteiger partial charge in [0.1, 0.15) is 10.6 Å². The molecule has 2 aromatic rings. The van der Waals surface area contributed by atoms with Crippen molar-refractivity contribution in [3.63, 3.8) is 0 Å². The molecular weight excluding hydrogens is 262 g/mol. The molecule has 0 aliphatic rings. The number of phenolic OH excluding ortho intramolecular Hbond substituents is 1. The molecule has 0 spiro atoms. The number of nitrogens with zero attached hydrogens (tertiary/aromatic N) is 1. The number of rotatable bonds is 2. The number of benzene rings is 2. The van der Waals surface area contributed by atoms with E-state index in [1.165, 1.54) is 6.07 Å². The molecule has 0 bridgehead atoms. The molecule has 0 aliphatic heterocycles. The van der Waals surface area contributed by atoms with Gasteiger partial charge in [-0.15, -0.1) is 0 Å². The molecule has 94 valence electrons. The number of nitro benzene ring substituents is 1. The van der Waals surface area contributed by atoms with Crippen molar-refractivity contribution in [2.24, 2.45) is 0 Å². The van der Waals surface area contributed by atoms with Crippen LogP contribution in [-0.2, 0) is 10.1 Å². The summed E-state index contributed by atoms with van der Waals surface area (Å²) in [6, 6.07) is 5.42. The normalized spacial score (nSPS) is 11.6. The van der Waals surface area contributed by atoms with E-state index in [4.69, 9.17) is 4.55 Å². The van der Waals surface area contributed by atoms with Crippen LogP contribution in [0.5, 0.6) is 5.75 Å². The van der Waals surface area contributed by atoms with E-state index in [1.54, 1.807) is 0 Å². The second kappa shape index (κ2) is 3.93. The zero-order chi connectivity index (χ0) is 13.5. The summed E-state index contributed by atoms with van der Waals surface area (Å²) in [5, 5.41) is 20.2. The third-order valence-electron chi connectivity index (χ3n) is 2.43. The number of fused-ring (bicyclic) bond motifs is 1. The molecule has 0 unspecified atom stereocenters. The summed E-state index contributed by atoms with van der Waals surface area (Å²) in [6.07, 6.45) is 0. The lowest BCUT2D eigenvalue weighted by Gasteiger charge is -2.05. The molecule has 0 saturated heterocycles. The van der Waals surface area contributed by atoms with Crippen molar-refractivity contribution in [2.75, 3.05) is 0 Å². The molecule has 0 amide bonds.